The highest BCUT2D eigenvalue weighted by Gasteiger charge is 2.03. The highest BCUT2D eigenvalue weighted by molar-refractivity contribution is 5.51. The van der Waals surface area contributed by atoms with Crippen molar-refractivity contribution in [1.29, 1.82) is 0 Å². The molecule has 0 aliphatic carbocycles. The summed E-state index contributed by atoms with van der Waals surface area (Å²) in [7, 11) is 4.04. The van der Waals surface area contributed by atoms with Gasteiger partial charge in [0.15, 0.2) is 12.4 Å². The van der Waals surface area contributed by atoms with Gasteiger partial charge in [0.1, 0.15) is 12.2 Å². The van der Waals surface area contributed by atoms with E-state index in [0.29, 0.717) is 0 Å². The number of hydrogen-bond acceptors (Lipinski definition) is 4. The Morgan fingerprint density at radius 3 is 2.60 bits per heavy atom. The zero-order valence-corrected chi connectivity index (χ0v) is 14.7. The standard InChI is InChI=1S/C19H23N6/c1-23(2)19-8-6-17(7-9-19)21-22-18-5-3-11-24(15-18)12-4-13-25-14-10-20-16-25/h3,5-11,14-16H,4,12-13H2,1-2H3/q+1. The first-order chi connectivity index (χ1) is 12.2. The monoisotopic (exact) mass is 335 g/mol. The zero-order valence-electron chi connectivity index (χ0n) is 14.7. The van der Waals surface area contributed by atoms with Gasteiger partial charge >= 0.3 is 0 Å². The van der Waals surface area contributed by atoms with Gasteiger partial charge in [-0.15, -0.1) is 5.11 Å². The third-order valence-corrected chi connectivity index (χ3v) is 3.88. The van der Waals surface area contributed by atoms with Crippen LogP contribution < -0.4 is 9.47 Å². The molecule has 0 unspecified atom stereocenters. The largest absolute Gasteiger partial charge is 0.378 e. The van der Waals surface area contributed by atoms with E-state index in [1.807, 2.05) is 69.2 Å². The molecule has 0 saturated heterocycles. The van der Waals surface area contributed by atoms with Gasteiger partial charge in [-0.05, 0) is 30.3 Å². The highest BCUT2D eigenvalue weighted by Crippen LogP contribution is 2.20. The molecule has 128 valence electrons. The van der Waals surface area contributed by atoms with Crippen LogP contribution in [0.2, 0.25) is 0 Å². The first-order valence-corrected chi connectivity index (χ1v) is 8.35. The highest BCUT2D eigenvalue weighted by atomic mass is 15.1. The molecule has 0 saturated carbocycles. The van der Waals surface area contributed by atoms with Crippen molar-refractivity contribution in [3.8, 4) is 0 Å². The lowest BCUT2D eigenvalue weighted by Gasteiger charge is -2.11. The second-order valence-electron chi connectivity index (χ2n) is 6.06. The third-order valence-electron chi connectivity index (χ3n) is 3.88. The Hall–Kier alpha value is -3.02. The predicted molar refractivity (Wildman–Crippen MR) is 98.4 cm³/mol. The van der Waals surface area contributed by atoms with Gasteiger partial charge in [-0.2, -0.15) is 5.11 Å². The Morgan fingerprint density at radius 1 is 1.08 bits per heavy atom. The average Bonchev–Trinajstić information content (AvgIpc) is 3.14. The van der Waals surface area contributed by atoms with Gasteiger partial charge in [-0.1, -0.05) is 0 Å². The summed E-state index contributed by atoms with van der Waals surface area (Å²) >= 11 is 0. The first kappa shape index (κ1) is 16.8. The van der Waals surface area contributed by atoms with Crippen LogP contribution in [0.4, 0.5) is 17.1 Å². The van der Waals surface area contributed by atoms with E-state index >= 15 is 0 Å². The Labute approximate surface area is 148 Å². The molecule has 3 aromatic rings. The number of hydrogen-bond donors (Lipinski definition) is 0. The summed E-state index contributed by atoms with van der Waals surface area (Å²) in [5.74, 6) is 0. The number of rotatable bonds is 7. The van der Waals surface area contributed by atoms with Crippen molar-refractivity contribution in [2.75, 3.05) is 19.0 Å². The molecule has 0 atom stereocenters. The van der Waals surface area contributed by atoms with Crippen LogP contribution in [0.5, 0.6) is 0 Å². The van der Waals surface area contributed by atoms with Crippen LogP contribution >= 0.6 is 0 Å². The summed E-state index contributed by atoms with van der Waals surface area (Å²) in [6.07, 6.45) is 10.7. The van der Waals surface area contributed by atoms with E-state index in [1.165, 1.54) is 0 Å². The van der Waals surface area contributed by atoms with E-state index in [-0.39, 0.29) is 0 Å². The fourth-order valence-electron chi connectivity index (χ4n) is 2.49. The summed E-state index contributed by atoms with van der Waals surface area (Å²) in [6.45, 7) is 1.88. The molecule has 0 spiro atoms. The van der Waals surface area contributed by atoms with Crippen LogP contribution in [0.1, 0.15) is 6.42 Å². The number of imidazole rings is 1. The molecule has 0 aliphatic heterocycles. The quantitative estimate of drug-likeness (QED) is 0.488. The van der Waals surface area contributed by atoms with Crippen molar-refractivity contribution in [3.05, 3.63) is 67.5 Å². The minimum atomic E-state index is 0.848. The van der Waals surface area contributed by atoms with E-state index in [4.69, 9.17) is 0 Å². The zero-order chi connectivity index (χ0) is 17.5. The lowest BCUT2D eigenvalue weighted by Crippen LogP contribution is -2.32. The molecule has 0 N–H and O–H groups in total. The maximum absolute atomic E-state index is 4.34. The van der Waals surface area contributed by atoms with Crippen molar-refractivity contribution >= 4 is 17.1 Å². The van der Waals surface area contributed by atoms with Crippen molar-refractivity contribution < 1.29 is 4.57 Å². The Morgan fingerprint density at radius 2 is 1.88 bits per heavy atom. The van der Waals surface area contributed by atoms with Gasteiger partial charge in [0, 0.05) is 51.2 Å². The number of pyridine rings is 1. The van der Waals surface area contributed by atoms with Crippen molar-refractivity contribution in [2.24, 2.45) is 10.2 Å². The topological polar surface area (TPSA) is 49.7 Å². The molecule has 0 aliphatic rings. The smallest absolute Gasteiger partial charge is 0.196 e. The molecule has 3 rings (SSSR count). The van der Waals surface area contributed by atoms with Gasteiger partial charge in [0.05, 0.1) is 12.0 Å². The number of aryl methyl sites for hydroxylation is 2. The molecular formula is C19H23N6+. The Bertz CT molecular complexity index is 806. The predicted octanol–water partition coefficient (Wildman–Crippen LogP) is 3.74. The fraction of sp³-hybridized carbons (Fsp3) is 0.263. The summed E-state index contributed by atoms with van der Waals surface area (Å²) in [5, 5.41) is 8.66. The molecule has 1 aromatic carbocycles. The average molecular weight is 335 g/mol. The molecule has 6 nitrogen and oxygen atoms in total. The third kappa shape index (κ3) is 4.97. The Kier molecular flexibility index (Phi) is 5.51. The van der Waals surface area contributed by atoms with Crippen LogP contribution in [0.15, 0.2) is 77.7 Å². The van der Waals surface area contributed by atoms with Crippen molar-refractivity contribution in [3.63, 3.8) is 0 Å². The van der Waals surface area contributed by atoms with Crippen LogP contribution in [-0.4, -0.2) is 23.6 Å². The fourth-order valence-corrected chi connectivity index (χ4v) is 2.49. The number of nitrogens with zero attached hydrogens (tertiary/aromatic N) is 6. The molecule has 0 fully saturated rings. The van der Waals surface area contributed by atoms with Crippen LogP contribution in [0, 0.1) is 0 Å². The molecule has 2 heterocycles. The van der Waals surface area contributed by atoms with Crippen LogP contribution in [0.3, 0.4) is 0 Å². The van der Waals surface area contributed by atoms with Crippen molar-refractivity contribution in [1.82, 2.24) is 9.55 Å². The van der Waals surface area contributed by atoms with E-state index < -0.39 is 0 Å². The summed E-state index contributed by atoms with van der Waals surface area (Å²) in [6, 6.07) is 12.0. The molecule has 0 bridgehead atoms. The second-order valence-corrected chi connectivity index (χ2v) is 6.06. The van der Waals surface area contributed by atoms with E-state index in [9.17, 15) is 0 Å². The molecule has 0 amide bonds. The Balaban J connectivity index is 1.58. The minimum absolute atomic E-state index is 0.848. The number of anilines is 1. The number of aromatic nitrogens is 3. The van der Waals surface area contributed by atoms with E-state index in [2.05, 4.69) is 35.4 Å². The lowest BCUT2D eigenvalue weighted by molar-refractivity contribution is -0.696. The normalized spacial score (nSPS) is 11.1. The van der Waals surface area contributed by atoms with Crippen LogP contribution in [-0.2, 0) is 13.1 Å². The summed E-state index contributed by atoms with van der Waals surface area (Å²) in [4.78, 5) is 6.12. The second kappa shape index (κ2) is 8.19. The SMILES string of the molecule is CN(C)c1ccc(N=Nc2ccc[n+](CCCn3ccnc3)c2)cc1. The van der Waals surface area contributed by atoms with E-state index in [0.717, 1.165) is 36.6 Å². The number of azo groups is 1. The minimum Gasteiger partial charge on any atom is -0.378 e. The maximum Gasteiger partial charge on any atom is 0.196 e. The summed E-state index contributed by atoms with van der Waals surface area (Å²) < 4.78 is 4.22. The van der Waals surface area contributed by atoms with Crippen LogP contribution in [0.25, 0.3) is 0 Å². The molecular weight excluding hydrogens is 312 g/mol. The van der Waals surface area contributed by atoms with E-state index in [1.54, 1.807) is 6.20 Å². The first-order valence-electron chi connectivity index (χ1n) is 8.35. The van der Waals surface area contributed by atoms with Gasteiger partial charge < -0.3 is 9.47 Å². The lowest BCUT2D eigenvalue weighted by atomic mass is 10.3. The van der Waals surface area contributed by atoms with Gasteiger partial charge in [-0.25, -0.2) is 9.55 Å². The maximum atomic E-state index is 4.34. The molecule has 0 radical (unpaired) electrons. The van der Waals surface area contributed by atoms with Gasteiger partial charge in [-0.3, -0.25) is 0 Å². The molecule has 2 aromatic heterocycles. The molecule has 25 heavy (non-hydrogen) atoms. The summed E-state index contributed by atoms with van der Waals surface area (Å²) in [5.41, 5.74) is 2.84. The number of benzene rings is 1. The van der Waals surface area contributed by atoms with Gasteiger partial charge in [0.25, 0.3) is 0 Å². The van der Waals surface area contributed by atoms with Crippen molar-refractivity contribution in [2.45, 2.75) is 19.5 Å². The van der Waals surface area contributed by atoms with Gasteiger partial charge in [0.2, 0.25) is 0 Å². The molecule has 6 heteroatoms.